The number of alkyl halides is 1. The van der Waals surface area contributed by atoms with Crippen LogP contribution in [0.2, 0.25) is 0 Å². The first kappa shape index (κ1) is 29.8. The van der Waals surface area contributed by atoms with Crippen LogP contribution in [0.3, 0.4) is 0 Å². The molecule has 3 saturated heterocycles. The minimum atomic E-state index is -0.858. The van der Waals surface area contributed by atoms with Gasteiger partial charge in [-0.2, -0.15) is 0 Å². The number of para-hydroxylation sites is 1. The summed E-state index contributed by atoms with van der Waals surface area (Å²) in [5.74, 6) is -1.80. The summed E-state index contributed by atoms with van der Waals surface area (Å²) in [5, 5.41) is 18.6. The van der Waals surface area contributed by atoms with Crippen LogP contribution < -0.4 is 0 Å². The van der Waals surface area contributed by atoms with E-state index in [0.29, 0.717) is 25.0 Å². The lowest BCUT2D eigenvalue weighted by atomic mass is 9.70. The highest BCUT2D eigenvalue weighted by Crippen LogP contribution is 2.68. The monoisotopic (exact) mass is 644 g/mol. The minimum Gasteiger partial charge on any atom is -0.394 e. The van der Waals surface area contributed by atoms with Gasteiger partial charge in [-0.25, -0.2) is 4.68 Å². The summed E-state index contributed by atoms with van der Waals surface area (Å²) in [5.41, 5.74) is 1.50. The summed E-state index contributed by atoms with van der Waals surface area (Å²) in [6, 6.07) is 6.07. The van der Waals surface area contributed by atoms with Gasteiger partial charge in [-0.05, 0) is 31.9 Å². The van der Waals surface area contributed by atoms with Gasteiger partial charge in [0, 0.05) is 29.7 Å². The quantitative estimate of drug-likeness (QED) is 0.279. The Balaban J connectivity index is 1.55. The zero-order chi connectivity index (χ0) is 29.5. The van der Waals surface area contributed by atoms with Crippen LogP contribution >= 0.6 is 27.7 Å². The standard InChI is InChI=1S/C29H37BrN6O4S/c1-5-12-33(13-6-2)26(38)22-23-27(39)36(18(4)16-37)25(29(23)15-19(30)24(22)41-29)28(40)34(14-7-3)17-35-21-11-9-8-10-20(21)31-32-35/h5,7-11,18-19,22-25,37H,1,3,6,12-17H2,2,4H3/t18-,19?,22-,23+,24-,25?,29?/m1/s1. The number of aliphatic hydroxyl groups excluding tert-OH is 1. The van der Waals surface area contributed by atoms with Crippen LogP contribution in [-0.2, 0) is 21.1 Å². The zero-order valence-corrected chi connectivity index (χ0v) is 25.8. The van der Waals surface area contributed by atoms with Crippen LogP contribution in [0.5, 0.6) is 0 Å². The Morgan fingerprint density at radius 2 is 1.95 bits per heavy atom. The fourth-order valence-corrected chi connectivity index (χ4v) is 10.4. The number of hydrogen-bond donors (Lipinski definition) is 1. The number of benzene rings is 1. The van der Waals surface area contributed by atoms with Crippen LogP contribution in [0.4, 0.5) is 0 Å². The number of aromatic nitrogens is 3. The van der Waals surface area contributed by atoms with E-state index in [4.69, 9.17) is 0 Å². The van der Waals surface area contributed by atoms with E-state index in [0.717, 1.165) is 11.9 Å². The number of carbonyl (C=O) groups excluding carboxylic acids is 3. The summed E-state index contributed by atoms with van der Waals surface area (Å²) >= 11 is 5.42. The molecule has 12 heteroatoms. The van der Waals surface area contributed by atoms with Crippen LogP contribution in [-0.4, -0.2) is 106 Å². The van der Waals surface area contributed by atoms with Crippen molar-refractivity contribution in [2.24, 2.45) is 11.8 Å². The number of likely N-dealkylation sites (tertiary alicyclic amines) is 1. The third-order valence-electron chi connectivity index (χ3n) is 8.53. The van der Waals surface area contributed by atoms with Crippen molar-refractivity contribution in [1.29, 1.82) is 0 Å². The van der Waals surface area contributed by atoms with Gasteiger partial charge in [-0.1, -0.05) is 52.4 Å². The number of carbonyl (C=O) groups is 3. The van der Waals surface area contributed by atoms with Crippen molar-refractivity contribution in [3.8, 4) is 0 Å². The molecule has 0 radical (unpaired) electrons. The number of rotatable bonds is 12. The zero-order valence-electron chi connectivity index (χ0n) is 23.4. The van der Waals surface area contributed by atoms with E-state index in [1.807, 2.05) is 31.2 Å². The van der Waals surface area contributed by atoms with Crippen molar-refractivity contribution in [2.45, 2.75) is 60.3 Å². The molecule has 1 spiro atoms. The second-order valence-electron chi connectivity index (χ2n) is 11.1. The molecule has 41 heavy (non-hydrogen) atoms. The molecular weight excluding hydrogens is 608 g/mol. The van der Waals surface area contributed by atoms with Crippen molar-refractivity contribution >= 4 is 56.4 Å². The Kier molecular flexibility index (Phi) is 8.63. The number of aliphatic hydroxyl groups is 1. The summed E-state index contributed by atoms with van der Waals surface area (Å²) < 4.78 is 0.853. The van der Waals surface area contributed by atoms with Gasteiger partial charge in [-0.15, -0.1) is 30.0 Å². The lowest BCUT2D eigenvalue weighted by molar-refractivity contribution is -0.147. The second-order valence-corrected chi connectivity index (χ2v) is 13.8. The number of hydrogen-bond acceptors (Lipinski definition) is 7. The molecule has 1 N–H and O–H groups in total. The SMILES string of the molecule is C=CCN(Cn1nnc2ccccc21)C(=O)C1N([C@H](C)CO)C(=O)[C@@H]2[C@@H](C(=O)N(CC=C)CCC)[C@@H]3SC12CC3Br. The molecule has 3 amide bonds. The average Bonchev–Trinajstić information content (AvgIpc) is 3.68. The van der Waals surface area contributed by atoms with E-state index >= 15 is 0 Å². The second kappa shape index (κ2) is 11.9. The number of amides is 3. The van der Waals surface area contributed by atoms with Gasteiger partial charge >= 0.3 is 0 Å². The normalized spacial score (nSPS) is 29.0. The molecule has 0 saturated carbocycles. The molecule has 2 bridgehead atoms. The van der Waals surface area contributed by atoms with Crippen molar-refractivity contribution in [3.63, 3.8) is 0 Å². The maximum absolute atomic E-state index is 14.6. The number of thioether (sulfide) groups is 1. The Morgan fingerprint density at radius 3 is 2.63 bits per heavy atom. The Bertz CT molecular complexity index is 1350. The molecule has 1 aromatic heterocycles. The van der Waals surface area contributed by atoms with Gasteiger partial charge in [0.25, 0.3) is 0 Å². The van der Waals surface area contributed by atoms with Gasteiger partial charge in [-0.3, -0.25) is 14.4 Å². The Hall–Kier alpha value is -2.70. The molecular formula is C29H37BrN6O4S. The molecule has 5 rings (SSSR count). The van der Waals surface area contributed by atoms with Gasteiger partial charge in [0.15, 0.2) is 0 Å². The van der Waals surface area contributed by atoms with E-state index in [1.165, 1.54) is 0 Å². The van der Waals surface area contributed by atoms with E-state index in [1.54, 1.807) is 50.2 Å². The highest BCUT2D eigenvalue weighted by molar-refractivity contribution is 9.09. The summed E-state index contributed by atoms with van der Waals surface area (Å²) in [6.07, 6.45) is 4.71. The van der Waals surface area contributed by atoms with Crippen LogP contribution in [0.15, 0.2) is 49.6 Å². The Labute approximate surface area is 252 Å². The molecule has 10 nitrogen and oxygen atoms in total. The predicted octanol–water partition coefficient (Wildman–Crippen LogP) is 2.67. The lowest BCUT2D eigenvalue weighted by Crippen LogP contribution is -2.57. The van der Waals surface area contributed by atoms with Crippen molar-refractivity contribution < 1.29 is 19.5 Å². The van der Waals surface area contributed by atoms with E-state index < -0.39 is 28.7 Å². The lowest BCUT2D eigenvalue weighted by Gasteiger charge is -2.39. The highest BCUT2D eigenvalue weighted by atomic mass is 79.9. The van der Waals surface area contributed by atoms with Gasteiger partial charge < -0.3 is 19.8 Å². The van der Waals surface area contributed by atoms with Gasteiger partial charge in [0.05, 0.1) is 34.7 Å². The number of halogens is 1. The third-order valence-corrected chi connectivity index (χ3v) is 11.7. The first-order valence-electron chi connectivity index (χ1n) is 14.1. The first-order chi connectivity index (χ1) is 19.7. The van der Waals surface area contributed by atoms with Gasteiger partial charge in [0.1, 0.15) is 18.2 Å². The van der Waals surface area contributed by atoms with E-state index in [9.17, 15) is 19.5 Å². The molecule has 0 aliphatic carbocycles. The average molecular weight is 646 g/mol. The smallest absolute Gasteiger partial charge is 0.248 e. The maximum atomic E-state index is 14.6. The maximum Gasteiger partial charge on any atom is 0.248 e. The fourth-order valence-electron chi connectivity index (χ4n) is 6.85. The molecule has 4 heterocycles. The van der Waals surface area contributed by atoms with Crippen LogP contribution in [0.25, 0.3) is 11.0 Å². The van der Waals surface area contributed by atoms with Crippen molar-refractivity contribution in [1.82, 2.24) is 29.7 Å². The molecule has 1 aromatic carbocycles. The fraction of sp³-hybridized carbons (Fsp3) is 0.552. The first-order valence-corrected chi connectivity index (χ1v) is 15.9. The summed E-state index contributed by atoms with van der Waals surface area (Å²) in [7, 11) is 0. The molecule has 3 unspecified atom stereocenters. The minimum absolute atomic E-state index is 0.0375. The number of fused-ring (bicyclic) bond motifs is 2. The molecule has 7 atom stereocenters. The van der Waals surface area contributed by atoms with Gasteiger partial charge in [0.2, 0.25) is 17.7 Å². The molecule has 2 aromatic rings. The summed E-state index contributed by atoms with van der Waals surface area (Å²) in [6.45, 7) is 12.5. The van der Waals surface area contributed by atoms with Crippen LogP contribution in [0.1, 0.15) is 26.7 Å². The van der Waals surface area contributed by atoms with Crippen molar-refractivity contribution in [2.75, 3.05) is 26.2 Å². The van der Waals surface area contributed by atoms with Crippen molar-refractivity contribution in [3.05, 3.63) is 49.6 Å². The van der Waals surface area contributed by atoms with Crippen LogP contribution in [0, 0.1) is 11.8 Å². The number of nitrogens with zero attached hydrogens (tertiary/aromatic N) is 6. The topological polar surface area (TPSA) is 112 Å². The van der Waals surface area contributed by atoms with E-state index in [2.05, 4.69) is 39.4 Å². The molecule has 3 aliphatic heterocycles. The molecule has 3 fully saturated rings. The van der Waals surface area contributed by atoms with E-state index in [-0.39, 0.29) is 47.6 Å². The summed E-state index contributed by atoms with van der Waals surface area (Å²) in [4.78, 5) is 47.9. The largest absolute Gasteiger partial charge is 0.394 e. The Morgan fingerprint density at radius 1 is 1.24 bits per heavy atom. The highest BCUT2D eigenvalue weighted by Gasteiger charge is 2.76. The molecule has 3 aliphatic rings. The predicted molar refractivity (Wildman–Crippen MR) is 162 cm³/mol. The third kappa shape index (κ3) is 4.81. The molecule has 220 valence electrons.